The molecule has 0 aromatic heterocycles. The summed E-state index contributed by atoms with van der Waals surface area (Å²) in [5, 5.41) is 0. The molecule has 0 aliphatic rings. The summed E-state index contributed by atoms with van der Waals surface area (Å²) < 4.78 is 12.3. The molecule has 0 spiro atoms. The first-order valence-corrected chi connectivity index (χ1v) is 19.3. The lowest BCUT2D eigenvalue weighted by Crippen LogP contribution is -2.47. The van der Waals surface area contributed by atoms with Gasteiger partial charge in [-0.05, 0) is 12.8 Å². The Labute approximate surface area is 296 Å². The molecule has 0 aliphatic carbocycles. The average molecular weight is 704 g/mol. The predicted octanol–water partition coefficient (Wildman–Crippen LogP) is 9.64. The third-order valence-corrected chi connectivity index (χ3v) is 9.26. The molecule has 0 rings (SSSR count). The van der Waals surface area contributed by atoms with Gasteiger partial charge in [-0.25, -0.2) is 9.59 Å². The van der Waals surface area contributed by atoms with E-state index < -0.39 is 0 Å². The van der Waals surface area contributed by atoms with Gasteiger partial charge in [0.2, 0.25) is 0 Å². The Hall–Kier alpha value is -0.210. The van der Waals surface area contributed by atoms with Crippen molar-refractivity contribution in [2.45, 2.75) is 142 Å². The van der Waals surface area contributed by atoms with Crippen molar-refractivity contribution in [2.75, 3.05) is 79.1 Å². The smallest absolute Gasteiger partial charge is 0.361 e. The van der Waals surface area contributed by atoms with Crippen molar-refractivity contribution >= 4 is 48.5 Å². The molecule has 0 aromatic rings. The molecule has 0 amide bonds. The summed E-state index contributed by atoms with van der Waals surface area (Å²) in [6.07, 6.45) is 25.7. The molecule has 0 fully saturated rings. The molecule has 0 heterocycles. The lowest BCUT2D eigenvalue weighted by molar-refractivity contribution is -0.881. The van der Waals surface area contributed by atoms with Gasteiger partial charge in [0.25, 0.3) is 0 Å². The fourth-order valence-corrected chi connectivity index (χ4v) is 6.68. The number of esters is 2. The zero-order chi connectivity index (χ0) is 32.1. The minimum Gasteiger partial charge on any atom is -0.462 e. The van der Waals surface area contributed by atoms with Crippen LogP contribution in [0.1, 0.15) is 142 Å². The number of quaternary nitrogens is 2. The van der Waals surface area contributed by atoms with Crippen LogP contribution in [0.5, 0.6) is 0 Å². The predicted molar refractivity (Wildman–Crippen MR) is 201 cm³/mol. The maximum atomic E-state index is 12.3. The Morgan fingerprint density at radius 1 is 0.467 bits per heavy atom. The minimum atomic E-state index is -0.0833. The van der Waals surface area contributed by atoms with Crippen LogP contribution in [0.4, 0.5) is 0 Å². The van der Waals surface area contributed by atoms with Crippen molar-refractivity contribution in [3.63, 3.8) is 0 Å². The van der Waals surface area contributed by atoms with Crippen molar-refractivity contribution in [1.29, 1.82) is 0 Å². The van der Waals surface area contributed by atoms with Crippen LogP contribution in [0.15, 0.2) is 0 Å². The van der Waals surface area contributed by atoms with E-state index in [1.54, 1.807) is 0 Å². The van der Waals surface area contributed by atoms with Crippen molar-refractivity contribution in [2.24, 2.45) is 0 Å². The summed E-state index contributed by atoms with van der Waals surface area (Å²) in [7, 11) is 8.42. The lowest BCUT2D eigenvalue weighted by atomic mass is 10.1. The van der Waals surface area contributed by atoms with E-state index in [1.807, 2.05) is 11.8 Å². The highest BCUT2D eigenvalue weighted by Crippen LogP contribution is 2.13. The number of nitrogens with zero attached hydrogens (tertiary/aromatic N) is 2. The standard InChI is InChI=1S/C36H74N2O4S.2ClH/c1-7-9-11-13-15-17-19-21-23-25-29-41-35(39)33-37(3,4)27-31-43-32-28-38(5,6)34-36(40)42-30-26-24-22-20-18-16-14-12-10-8-2;;/h7-34H2,1-6H3;2*1H/q+2;;. The molecule has 0 radical (unpaired) electrons. The van der Waals surface area contributed by atoms with Gasteiger partial charge in [0.1, 0.15) is 0 Å². The van der Waals surface area contributed by atoms with Gasteiger partial charge in [-0.1, -0.05) is 129 Å². The number of rotatable bonds is 32. The molecule has 0 saturated carbocycles. The van der Waals surface area contributed by atoms with Gasteiger partial charge < -0.3 is 18.4 Å². The SMILES string of the molecule is CCCCCCCCCCCCOC(=O)C[N+](C)(C)CCSCC[N+](C)(C)CC(=O)OCCCCCCCCCCCC.Cl.Cl. The number of thioether (sulfide) groups is 1. The molecular weight excluding hydrogens is 627 g/mol. The van der Waals surface area contributed by atoms with Crippen molar-refractivity contribution in [1.82, 2.24) is 0 Å². The summed E-state index contributed by atoms with van der Waals surface area (Å²) in [5.41, 5.74) is 0. The number of hydrogen-bond donors (Lipinski definition) is 0. The highest BCUT2D eigenvalue weighted by molar-refractivity contribution is 7.99. The van der Waals surface area contributed by atoms with Gasteiger partial charge in [-0.15, -0.1) is 24.8 Å². The normalized spacial score (nSPS) is 11.5. The number of ether oxygens (including phenoxy) is 2. The molecule has 0 unspecified atom stereocenters. The molecule has 0 aliphatic heterocycles. The summed E-state index contributed by atoms with van der Waals surface area (Å²) in [4.78, 5) is 24.7. The number of likely N-dealkylation sites (N-methyl/N-ethyl adjacent to an activating group) is 2. The minimum absolute atomic E-state index is 0. The molecule has 0 aromatic carbocycles. The Balaban J connectivity index is -0.00000882. The van der Waals surface area contributed by atoms with Crippen LogP contribution in [0.3, 0.4) is 0 Å². The Morgan fingerprint density at radius 2 is 0.733 bits per heavy atom. The van der Waals surface area contributed by atoms with Crippen LogP contribution < -0.4 is 0 Å². The summed E-state index contributed by atoms with van der Waals surface area (Å²) in [6, 6.07) is 0. The monoisotopic (exact) mass is 702 g/mol. The number of carbonyl (C=O) groups is 2. The number of carbonyl (C=O) groups excluding carboxylic acids is 2. The van der Waals surface area contributed by atoms with Crippen LogP contribution in [0, 0.1) is 0 Å². The second-order valence-electron chi connectivity index (χ2n) is 14.1. The zero-order valence-electron chi connectivity index (χ0n) is 30.6. The second kappa shape index (κ2) is 33.7. The van der Waals surface area contributed by atoms with Gasteiger partial charge in [0, 0.05) is 11.5 Å². The fourth-order valence-electron chi connectivity index (χ4n) is 5.22. The Kier molecular flexibility index (Phi) is 36.8. The average Bonchev–Trinajstić information content (AvgIpc) is 2.93. The molecule has 0 bridgehead atoms. The first kappa shape index (κ1) is 49.2. The maximum absolute atomic E-state index is 12.3. The Bertz CT molecular complexity index is 615. The first-order chi connectivity index (χ1) is 20.6. The van der Waals surface area contributed by atoms with Gasteiger partial charge in [0.05, 0.1) is 54.5 Å². The van der Waals surface area contributed by atoms with Crippen LogP contribution in [-0.2, 0) is 19.1 Å². The third kappa shape index (κ3) is 36.5. The van der Waals surface area contributed by atoms with Gasteiger partial charge >= 0.3 is 11.9 Å². The van der Waals surface area contributed by atoms with Gasteiger partial charge in [-0.3, -0.25) is 0 Å². The van der Waals surface area contributed by atoms with Crippen molar-refractivity contribution in [3.8, 4) is 0 Å². The van der Waals surface area contributed by atoms with Gasteiger partial charge in [0.15, 0.2) is 13.1 Å². The van der Waals surface area contributed by atoms with E-state index in [0.717, 1.165) is 50.3 Å². The maximum Gasteiger partial charge on any atom is 0.361 e. The second-order valence-corrected chi connectivity index (χ2v) is 15.3. The van der Waals surface area contributed by atoms with Crippen molar-refractivity contribution in [3.05, 3.63) is 0 Å². The van der Waals surface area contributed by atoms with E-state index in [1.165, 1.54) is 103 Å². The van der Waals surface area contributed by atoms with Crippen LogP contribution >= 0.6 is 36.6 Å². The number of unbranched alkanes of at least 4 members (excludes halogenated alkanes) is 18. The largest absolute Gasteiger partial charge is 0.462 e. The topological polar surface area (TPSA) is 52.6 Å². The first-order valence-electron chi connectivity index (χ1n) is 18.1. The summed E-state index contributed by atoms with van der Waals surface area (Å²) in [5.74, 6) is 1.81. The van der Waals surface area contributed by atoms with E-state index in [0.29, 0.717) is 35.3 Å². The number of halogens is 2. The van der Waals surface area contributed by atoms with E-state index in [2.05, 4.69) is 42.0 Å². The highest BCUT2D eigenvalue weighted by atomic mass is 35.5. The molecule has 45 heavy (non-hydrogen) atoms. The molecule has 0 N–H and O–H groups in total. The van der Waals surface area contributed by atoms with Crippen LogP contribution in [-0.4, -0.2) is 100.0 Å². The van der Waals surface area contributed by atoms with Crippen LogP contribution in [0.25, 0.3) is 0 Å². The van der Waals surface area contributed by atoms with E-state index >= 15 is 0 Å². The lowest BCUT2D eigenvalue weighted by Gasteiger charge is -2.30. The van der Waals surface area contributed by atoms with Crippen LogP contribution in [0.2, 0.25) is 0 Å². The highest BCUT2D eigenvalue weighted by Gasteiger charge is 2.23. The Morgan fingerprint density at radius 3 is 1.02 bits per heavy atom. The van der Waals surface area contributed by atoms with E-state index in [9.17, 15) is 9.59 Å². The summed E-state index contributed by atoms with van der Waals surface area (Å²) >= 11 is 1.90. The molecule has 9 heteroatoms. The number of hydrogen-bond acceptors (Lipinski definition) is 5. The fraction of sp³-hybridized carbons (Fsp3) is 0.944. The molecule has 6 nitrogen and oxygen atoms in total. The van der Waals surface area contributed by atoms with E-state index in [-0.39, 0.29) is 36.8 Å². The molecule has 0 saturated heterocycles. The summed E-state index contributed by atoms with van der Waals surface area (Å²) in [6.45, 7) is 8.32. The zero-order valence-corrected chi connectivity index (χ0v) is 33.0. The van der Waals surface area contributed by atoms with Crippen molar-refractivity contribution < 1.29 is 28.0 Å². The third-order valence-electron chi connectivity index (χ3n) is 8.32. The molecular formula is C36H76Cl2N2O4S+2. The molecule has 272 valence electrons. The van der Waals surface area contributed by atoms with Gasteiger partial charge in [-0.2, -0.15) is 11.8 Å². The quantitative estimate of drug-likeness (QED) is 0.0397. The van der Waals surface area contributed by atoms with E-state index in [4.69, 9.17) is 9.47 Å². The molecule has 0 atom stereocenters.